The zero-order valence-corrected chi connectivity index (χ0v) is 34.6. The Morgan fingerprint density at radius 1 is 0.769 bits per heavy atom. The summed E-state index contributed by atoms with van der Waals surface area (Å²) in [6, 6.07) is 0. The predicted octanol–water partition coefficient (Wildman–Crippen LogP) is 7.42. The Hall–Kier alpha value is -1.27. The third kappa shape index (κ3) is 18.4. The minimum Gasteiger partial charge on any atom is -0.756 e. The molecule has 5 atom stereocenters. The van der Waals surface area contributed by atoms with Gasteiger partial charge in [0.1, 0.15) is 29.8 Å². The third-order valence-corrected chi connectivity index (χ3v) is 11.1. The van der Waals surface area contributed by atoms with Gasteiger partial charge in [0.15, 0.2) is 0 Å². The molecule has 0 spiro atoms. The second-order valence-electron chi connectivity index (χ2n) is 15.5. The summed E-state index contributed by atoms with van der Waals surface area (Å²) in [5.74, 6) is 4.40. The summed E-state index contributed by atoms with van der Waals surface area (Å²) in [4.78, 5) is 11.4. The van der Waals surface area contributed by atoms with Crippen LogP contribution in [0.2, 0.25) is 0 Å². The van der Waals surface area contributed by atoms with Crippen LogP contribution in [0, 0.1) is 38.5 Å². The molecule has 2 rings (SSSR count). The van der Waals surface area contributed by atoms with E-state index in [2.05, 4.69) is 64.4 Å². The van der Waals surface area contributed by atoms with Gasteiger partial charge in [-0.2, -0.15) is 0 Å². The van der Waals surface area contributed by atoms with Gasteiger partial charge in [0.05, 0.1) is 59.5 Å². The molecular weight excluding hydrogens is 687 g/mol. The van der Waals surface area contributed by atoms with Crippen LogP contribution in [-0.4, -0.2) is 88.0 Å². The third-order valence-electron chi connectivity index (χ3n) is 10.1. The summed E-state index contributed by atoms with van der Waals surface area (Å²) in [5, 5.41) is 18.4. The van der Waals surface area contributed by atoms with Crippen LogP contribution in [0.15, 0.2) is 0 Å². The highest BCUT2D eigenvalue weighted by molar-refractivity contribution is 7.45. The molecule has 0 bridgehead atoms. The van der Waals surface area contributed by atoms with Crippen molar-refractivity contribution in [1.29, 1.82) is 0 Å². The fourth-order valence-electron chi connectivity index (χ4n) is 6.75. The van der Waals surface area contributed by atoms with Crippen molar-refractivity contribution in [2.45, 2.75) is 138 Å². The number of aliphatic hydroxyl groups excluding tert-OH is 2. The average molecular weight is 760 g/mol. The first-order chi connectivity index (χ1) is 24.7. The molecule has 1 heterocycles. The van der Waals surface area contributed by atoms with Crippen molar-refractivity contribution in [3.63, 3.8) is 0 Å². The summed E-state index contributed by atoms with van der Waals surface area (Å²) < 4.78 is 49.8. The fourth-order valence-corrected chi connectivity index (χ4v) is 7.49. The van der Waals surface area contributed by atoms with E-state index in [-0.39, 0.29) is 18.8 Å². The minimum atomic E-state index is -4.55. The molecule has 1 aliphatic heterocycles. The van der Waals surface area contributed by atoms with Gasteiger partial charge >= 0.3 is 0 Å². The summed E-state index contributed by atoms with van der Waals surface area (Å²) >= 11 is 0. The number of aliphatic hydroxyl groups is 2. The molecule has 52 heavy (non-hydrogen) atoms. The van der Waals surface area contributed by atoms with Crippen LogP contribution in [0.5, 0.6) is 11.5 Å². The minimum absolute atomic E-state index is 0.123. The van der Waals surface area contributed by atoms with Gasteiger partial charge in [-0.3, -0.25) is 4.57 Å². The molecule has 304 valence electrons. The van der Waals surface area contributed by atoms with Crippen molar-refractivity contribution in [2.24, 2.45) is 17.8 Å². The molecular formula is C40H72O11P-. The van der Waals surface area contributed by atoms with Gasteiger partial charge in [0.25, 0.3) is 7.82 Å². The molecule has 12 heteroatoms. The van der Waals surface area contributed by atoms with Gasteiger partial charge in [-0.25, -0.2) is 0 Å². The topological polar surface area (TPSA) is 145 Å². The highest BCUT2D eigenvalue weighted by atomic mass is 31.2. The van der Waals surface area contributed by atoms with Crippen molar-refractivity contribution in [3.8, 4) is 11.5 Å². The van der Waals surface area contributed by atoms with Crippen LogP contribution < -0.4 is 14.4 Å². The zero-order valence-electron chi connectivity index (χ0n) is 33.7. The predicted molar refractivity (Wildman–Crippen MR) is 203 cm³/mol. The first-order valence-electron chi connectivity index (χ1n) is 19.7. The van der Waals surface area contributed by atoms with Gasteiger partial charge < -0.3 is 47.8 Å². The van der Waals surface area contributed by atoms with Crippen molar-refractivity contribution in [3.05, 3.63) is 22.3 Å². The highest BCUT2D eigenvalue weighted by Crippen LogP contribution is 2.45. The summed E-state index contributed by atoms with van der Waals surface area (Å²) in [6.45, 7) is 18.8. The van der Waals surface area contributed by atoms with E-state index < -0.39 is 33.7 Å². The second-order valence-corrected chi connectivity index (χ2v) is 16.9. The molecule has 0 saturated carbocycles. The molecule has 1 aromatic rings. The Kier molecular flexibility index (Phi) is 22.5. The molecule has 1 aliphatic rings. The number of rotatable bonds is 30. The lowest BCUT2D eigenvalue weighted by Crippen LogP contribution is -2.37. The van der Waals surface area contributed by atoms with E-state index in [1.54, 1.807) is 0 Å². The smallest absolute Gasteiger partial charge is 0.268 e. The number of phosphoric acid groups is 1. The summed E-state index contributed by atoms with van der Waals surface area (Å²) in [7, 11) is -4.55. The van der Waals surface area contributed by atoms with Crippen LogP contribution in [0.3, 0.4) is 0 Å². The zero-order chi connectivity index (χ0) is 38.6. The fraction of sp³-hybridized carbons (Fsp3) is 0.850. The Labute approximate surface area is 315 Å². The van der Waals surface area contributed by atoms with Crippen LogP contribution in [0.4, 0.5) is 0 Å². The summed E-state index contributed by atoms with van der Waals surface area (Å²) in [5.41, 5.74) is 4.56. The van der Waals surface area contributed by atoms with Crippen LogP contribution in [0.1, 0.15) is 121 Å². The summed E-state index contributed by atoms with van der Waals surface area (Å²) in [6.07, 6.45) is 12.6. The second kappa shape index (κ2) is 25.0. The van der Waals surface area contributed by atoms with Crippen LogP contribution in [0.25, 0.3) is 0 Å². The Balaban J connectivity index is 1.63. The SMILES string of the molecule is Cc1c(C)c2c(c(C)c1OCCOCCOCCOCC(O)COP(=O)([O-])OCCO)CC[C@](C)(CCC[C@@H](C)CCC[C@@H](C)CCCC(C)C)O2. The van der Waals surface area contributed by atoms with Crippen molar-refractivity contribution < 1.29 is 52.4 Å². The van der Waals surface area contributed by atoms with Gasteiger partial charge in [-0.05, 0) is 87.8 Å². The van der Waals surface area contributed by atoms with Gasteiger partial charge in [0, 0.05) is 5.56 Å². The van der Waals surface area contributed by atoms with E-state index in [9.17, 15) is 14.6 Å². The normalized spacial score (nSPS) is 18.8. The first kappa shape index (κ1) is 46.9. The van der Waals surface area contributed by atoms with Gasteiger partial charge in [0.2, 0.25) is 0 Å². The lowest BCUT2D eigenvalue weighted by molar-refractivity contribution is -0.228. The maximum atomic E-state index is 11.4. The molecule has 0 aromatic heterocycles. The van der Waals surface area contributed by atoms with Gasteiger partial charge in [-0.15, -0.1) is 0 Å². The lowest BCUT2D eigenvalue weighted by atomic mass is 9.83. The molecule has 0 aliphatic carbocycles. The monoisotopic (exact) mass is 759 g/mol. The van der Waals surface area contributed by atoms with Crippen LogP contribution >= 0.6 is 7.82 Å². The molecule has 0 radical (unpaired) electrons. The number of phosphoric ester groups is 1. The molecule has 11 nitrogen and oxygen atoms in total. The first-order valence-corrected chi connectivity index (χ1v) is 21.2. The van der Waals surface area contributed by atoms with E-state index in [1.165, 1.54) is 56.9 Å². The molecule has 0 fully saturated rings. The Bertz CT molecular complexity index is 1180. The molecule has 2 N–H and O–H groups in total. The number of fused-ring (bicyclic) bond motifs is 1. The number of hydrogen-bond acceptors (Lipinski definition) is 11. The molecule has 1 aromatic carbocycles. The molecule has 0 amide bonds. The van der Waals surface area contributed by atoms with Crippen molar-refractivity contribution in [1.82, 2.24) is 0 Å². The largest absolute Gasteiger partial charge is 0.756 e. The van der Waals surface area contributed by atoms with E-state index in [1.807, 2.05) is 0 Å². The van der Waals surface area contributed by atoms with E-state index in [0.717, 1.165) is 65.2 Å². The van der Waals surface area contributed by atoms with E-state index in [0.29, 0.717) is 33.0 Å². The van der Waals surface area contributed by atoms with Crippen LogP contribution in [-0.2, 0) is 34.2 Å². The van der Waals surface area contributed by atoms with Gasteiger partial charge in [-0.1, -0.05) is 72.6 Å². The quantitative estimate of drug-likeness (QED) is 0.0597. The number of benzene rings is 1. The van der Waals surface area contributed by atoms with E-state index in [4.69, 9.17) is 28.8 Å². The maximum absolute atomic E-state index is 11.4. The van der Waals surface area contributed by atoms with E-state index >= 15 is 0 Å². The average Bonchev–Trinajstić information content (AvgIpc) is 3.09. The molecule has 0 saturated heterocycles. The number of hydrogen-bond donors (Lipinski definition) is 2. The molecule has 2 unspecified atom stereocenters. The maximum Gasteiger partial charge on any atom is 0.268 e. The Morgan fingerprint density at radius 2 is 1.35 bits per heavy atom. The lowest BCUT2D eigenvalue weighted by Gasteiger charge is -2.38. The van der Waals surface area contributed by atoms with Crippen molar-refractivity contribution >= 4 is 7.82 Å². The van der Waals surface area contributed by atoms with Crippen molar-refractivity contribution in [2.75, 3.05) is 66.1 Å². The Morgan fingerprint density at radius 3 is 1.96 bits per heavy atom. The highest BCUT2D eigenvalue weighted by Gasteiger charge is 2.34. The standard InChI is InChI=1S/C40H73O11P/c1-30(2)12-9-13-31(3)14-10-15-32(4)16-11-18-40(8)19-17-37-35(7)38(33(5)34(6)39(37)51-40)48-27-26-46-23-22-45-24-25-47-28-36(42)29-50-52(43,44)49-21-20-41/h30-32,36,41-42H,9-29H2,1-8H3,(H,43,44)/p-1/t31-,32-,36?,40-/m0/s1. The number of ether oxygens (including phenoxy) is 5.